The van der Waals surface area contributed by atoms with Gasteiger partial charge < -0.3 is 29.5 Å². The predicted molar refractivity (Wildman–Crippen MR) is 209 cm³/mol. The lowest BCUT2D eigenvalue weighted by atomic mass is 10.0. The molecule has 2 unspecified atom stereocenters. The van der Waals surface area contributed by atoms with Crippen molar-refractivity contribution in [2.45, 2.75) is 104 Å². The summed E-state index contributed by atoms with van der Waals surface area (Å²) in [6, 6.07) is 15.7. The molecule has 1 saturated carbocycles. The maximum atomic E-state index is 13.3. The average molecular weight is 719 g/mol. The summed E-state index contributed by atoms with van der Waals surface area (Å²) < 4.78 is 12.9. The van der Waals surface area contributed by atoms with Gasteiger partial charge in [-0.05, 0) is 91.9 Å². The Kier molecular flexibility index (Phi) is 13.2. The van der Waals surface area contributed by atoms with Gasteiger partial charge in [-0.15, -0.1) is 0 Å². The number of ether oxygens (including phenoxy) is 1. The van der Waals surface area contributed by atoms with E-state index in [2.05, 4.69) is 73.3 Å². The molecule has 3 atom stereocenters. The Balaban J connectivity index is 1.09. The van der Waals surface area contributed by atoms with Gasteiger partial charge in [0.1, 0.15) is 5.75 Å². The molecule has 0 radical (unpaired) electrons. The molecule has 5 rings (SSSR count). The number of nitrogens with zero attached hydrogens (tertiary/aromatic N) is 2. The van der Waals surface area contributed by atoms with Crippen molar-refractivity contribution in [3.63, 3.8) is 0 Å². The highest BCUT2D eigenvalue weighted by molar-refractivity contribution is 6.74. The van der Waals surface area contributed by atoms with Crippen LogP contribution in [0.5, 0.6) is 5.75 Å². The number of hydrogen-bond acceptors (Lipinski definition) is 7. The first kappa shape index (κ1) is 39.2. The number of amides is 1. The van der Waals surface area contributed by atoms with E-state index >= 15 is 0 Å². The van der Waals surface area contributed by atoms with Crippen LogP contribution in [0.15, 0.2) is 53.3 Å². The molecule has 0 bridgehead atoms. The van der Waals surface area contributed by atoms with Crippen molar-refractivity contribution >= 4 is 25.1 Å². The Bertz CT molecular complexity index is 1660. The number of carbonyl (C=O) groups excluding carboxylic acids is 1. The van der Waals surface area contributed by atoms with Gasteiger partial charge >= 0.3 is 0 Å². The summed E-state index contributed by atoms with van der Waals surface area (Å²) in [5, 5.41) is 14.8. The minimum atomic E-state index is -2.19. The van der Waals surface area contributed by atoms with E-state index in [1.807, 2.05) is 24.8 Å². The summed E-state index contributed by atoms with van der Waals surface area (Å²) in [6.45, 7) is 21.4. The Morgan fingerprint density at radius 3 is 2.49 bits per heavy atom. The van der Waals surface area contributed by atoms with Crippen LogP contribution in [-0.4, -0.2) is 86.1 Å². The first-order valence-corrected chi connectivity index (χ1v) is 22.0. The highest BCUT2D eigenvalue weighted by Crippen LogP contribution is 2.41. The number of aromatic hydroxyl groups is 1. The molecule has 0 spiro atoms. The van der Waals surface area contributed by atoms with E-state index in [1.54, 1.807) is 12.1 Å². The van der Waals surface area contributed by atoms with Crippen LogP contribution in [0.1, 0.15) is 83.1 Å². The molecular weight excluding hydrogens is 657 g/mol. The van der Waals surface area contributed by atoms with E-state index in [4.69, 9.17) is 9.16 Å². The van der Waals surface area contributed by atoms with E-state index in [0.717, 1.165) is 35.8 Å². The van der Waals surface area contributed by atoms with Crippen LogP contribution < -0.4 is 10.9 Å². The number of likely N-dealkylation sites (tertiary alicyclic amines) is 1. The van der Waals surface area contributed by atoms with Crippen LogP contribution in [-0.2, 0) is 26.9 Å². The number of rotatable bonds is 17. The SMILES string of the molecule is CC(C)N(CCNC[C@H](O[Si](C)(C)C(C)(C)C)c1ccc(O)c2[nH]c(=O)ccc12)C(=O)CCOCCc1cccc(CN2CC3CCCC3C2)c1. The van der Waals surface area contributed by atoms with Crippen molar-refractivity contribution in [3.05, 3.63) is 75.6 Å². The van der Waals surface area contributed by atoms with Gasteiger partial charge in [-0.25, -0.2) is 0 Å². The maximum absolute atomic E-state index is 13.3. The van der Waals surface area contributed by atoms with Crippen LogP contribution >= 0.6 is 0 Å². The Hall–Kier alpha value is -3.02. The summed E-state index contributed by atoms with van der Waals surface area (Å²) >= 11 is 0. The molecule has 1 amide bonds. The van der Waals surface area contributed by atoms with Gasteiger partial charge in [-0.3, -0.25) is 14.5 Å². The molecule has 3 aromatic rings. The number of aromatic nitrogens is 1. The van der Waals surface area contributed by atoms with Gasteiger partial charge in [0.2, 0.25) is 11.5 Å². The Morgan fingerprint density at radius 2 is 1.78 bits per heavy atom. The zero-order valence-corrected chi connectivity index (χ0v) is 33.1. The lowest BCUT2D eigenvalue weighted by molar-refractivity contribution is -0.134. The van der Waals surface area contributed by atoms with Crippen molar-refractivity contribution in [2.75, 3.05) is 45.9 Å². The largest absolute Gasteiger partial charge is 0.506 e. The average Bonchev–Trinajstić information content (AvgIpc) is 3.66. The molecule has 1 aliphatic heterocycles. The topological polar surface area (TPSA) is 107 Å². The van der Waals surface area contributed by atoms with Gasteiger partial charge in [0.25, 0.3) is 0 Å². The number of phenols is 1. The molecule has 10 heteroatoms. The first-order valence-electron chi connectivity index (χ1n) is 19.1. The molecule has 51 heavy (non-hydrogen) atoms. The van der Waals surface area contributed by atoms with E-state index in [0.29, 0.717) is 44.8 Å². The van der Waals surface area contributed by atoms with Crippen LogP contribution in [0.2, 0.25) is 18.1 Å². The van der Waals surface area contributed by atoms with Gasteiger partial charge in [0.05, 0.1) is 31.3 Å². The number of fused-ring (bicyclic) bond motifs is 2. The summed E-state index contributed by atoms with van der Waals surface area (Å²) in [5.74, 6) is 1.95. The van der Waals surface area contributed by atoms with Crippen molar-refractivity contribution in [1.29, 1.82) is 0 Å². The lowest BCUT2D eigenvalue weighted by Crippen LogP contribution is -2.45. The minimum Gasteiger partial charge on any atom is -0.506 e. The van der Waals surface area contributed by atoms with Crippen molar-refractivity contribution in [2.24, 2.45) is 11.8 Å². The van der Waals surface area contributed by atoms with E-state index in [-0.39, 0.29) is 34.4 Å². The van der Waals surface area contributed by atoms with Gasteiger partial charge in [0.15, 0.2) is 8.32 Å². The highest BCUT2D eigenvalue weighted by Gasteiger charge is 2.40. The van der Waals surface area contributed by atoms with Crippen molar-refractivity contribution in [3.8, 4) is 5.75 Å². The predicted octanol–water partition coefficient (Wildman–Crippen LogP) is 7.00. The zero-order valence-electron chi connectivity index (χ0n) is 32.1. The summed E-state index contributed by atoms with van der Waals surface area (Å²) in [7, 11) is -2.19. The molecule has 1 aliphatic carbocycles. The molecule has 2 aliphatic rings. The quantitative estimate of drug-likeness (QED) is 0.102. The number of benzene rings is 2. The van der Waals surface area contributed by atoms with Gasteiger partial charge in [-0.2, -0.15) is 0 Å². The third-order valence-electron chi connectivity index (χ3n) is 11.5. The highest BCUT2D eigenvalue weighted by atomic mass is 28.4. The molecule has 280 valence electrons. The van der Waals surface area contributed by atoms with Crippen LogP contribution in [0.3, 0.4) is 0 Å². The molecule has 9 nitrogen and oxygen atoms in total. The summed E-state index contributed by atoms with van der Waals surface area (Å²) in [5.41, 5.74) is 3.73. The van der Waals surface area contributed by atoms with Crippen LogP contribution in [0.25, 0.3) is 10.9 Å². The second kappa shape index (κ2) is 17.2. The first-order chi connectivity index (χ1) is 24.2. The number of carbonyl (C=O) groups is 1. The fourth-order valence-electron chi connectivity index (χ4n) is 7.59. The molecular formula is C41H62N4O5Si. The number of H-pyrrole nitrogens is 1. The molecule has 2 heterocycles. The molecule has 3 N–H and O–H groups in total. The number of aromatic amines is 1. The number of pyridine rings is 1. The van der Waals surface area contributed by atoms with Crippen LogP contribution in [0, 0.1) is 11.8 Å². The van der Waals surface area contributed by atoms with E-state index in [9.17, 15) is 14.7 Å². The number of phenolic OH excluding ortho intramolecular Hbond substituents is 1. The van der Waals surface area contributed by atoms with E-state index in [1.165, 1.54) is 49.5 Å². The van der Waals surface area contributed by atoms with Gasteiger partial charge in [0, 0.05) is 56.8 Å². The second-order valence-corrected chi connectivity index (χ2v) is 21.4. The second-order valence-electron chi connectivity index (χ2n) is 16.6. The molecule has 1 saturated heterocycles. The Labute approximate surface area is 306 Å². The minimum absolute atomic E-state index is 0.00805. The lowest BCUT2D eigenvalue weighted by Gasteiger charge is -2.40. The third kappa shape index (κ3) is 10.3. The molecule has 1 aromatic heterocycles. The fraction of sp³-hybridized carbons (Fsp3) is 0.610. The molecule has 2 aromatic carbocycles. The zero-order chi connectivity index (χ0) is 36.8. The normalized spacial score (nSPS) is 18.8. The maximum Gasteiger partial charge on any atom is 0.248 e. The number of hydrogen-bond donors (Lipinski definition) is 3. The standard InChI is InChI=1S/C41H62N4O5Si/c1-29(2)45(39(48)19-23-49-22-18-30-10-8-11-31(24-30)26-44-27-32-12-9-13-33(32)28-44)21-20-42-25-37(50-51(6,7)41(3,4)5)34-14-16-36(46)40-35(34)15-17-38(47)43-40/h8,10-11,14-17,24,29,32-33,37,42,46H,9,12-13,18-23,25-28H2,1-7H3,(H,43,47)/t32?,33?,37-/m0/s1. The van der Waals surface area contributed by atoms with Crippen molar-refractivity contribution < 1.29 is 19.1 Å². The summed E-state index contributed by atoms with van der Waals surface area (Å²) in [4.78, 5) is 32.7. The Morgan fingerprint density at radius 1 is 1.06 bits per heavy atom. The van der Waals surface area contributed by atoms with Gasteiger partial charge in [-0.1, -0.05) is 57.5 Å². The van der Waals surface area contributed by atoms with E-state index < -0.39 is 8.32 Å². The third-order valence-corrected chi connectivity index (χ3v) is 16.0. The summed E-state index contributed by atoms with van der Waals surface area (Å²) in [6.07, 6.45) is 5.12. The van der Waals surface area contributed by atoms with Crippen LogP contribution in [0.4, 0.5) is 0 Å². The fourth-order valence-corrected chi connectivity index (χ4v) is 8.86. The van der Waals surface area contributed by atoms with Crippen molar-refractivity contribution in [1.82, 2.24) is 20.1 Å². The smallest absolute Gasteiger partial charge is 0.248 e. The monoisotopic (exact) mass is 718 g/mol. The number of nitrogens with one attached hydrogen (secondary N) is 2. The molecule has 2 fully saturated rings.